The van der Waals surface area contributed by atoms with Crippen LogP contribution in [0.5, 0.6) is 0 Å². The lowest BCUT2D eigenvalue weighted by atomic mass is 10.1. The highest BCUT2D eigenvalue weighted by atomic mass is 35.5. The van der Waals surface area contributed by atoms with Crippen molar-refractivity contribution in [3.8, 4) is 5.69 Å². The van der Waals surface area contributed by atoms with Crippen LogP contribution in [0.25, 0.3) is 5.69 Å². The summed E-state index contributed by atoms with van der Waals surface area (Å²) < 4.78 is 29.2. The predicted octanol–water partition coefficient (Wildman–Crippen LogP) is 2.21. The van der Waals surface area contributed by atoms with Crippen molar-refractivity contribution < 1.29 is 8.42 Å². The molecule has 2 aromatic rings. The van der Waals surface area contributed by atoms with Crippen LogP contribution in [0.4, 0.5) is 0 Å². The third-order valence-corrected chi connectivity index (χ3v) is 6.67. The standard InChI is InChI=1S/C16H21ClN4O2S/c1-12-16(10-19-21(12)15-7-5-13(17)6-8-15)24(22,23)20-9-3-4-14(11-20)18-2/h5-8,10,14,18H,3-4,9,11H2,1-2H3. The van der Waals surface area contributed by atoms with Crippen molar-refractivity contribution in [2.75, 3.05) is 20.1 Å². The average Bonchev–Trinajstić information content (AvgIpc) is 2.98. The SMILES string of the molecule is CNC1CCCN(S(=O)(=O)c2cnn(-c3ccc(Cl)cc3)c2C)C1. The van der Waals surface area contributed by atoms with E-state index in [2.05, 4.69) is 10.4 Å². The summed E-state index contributed by atoms with van der Waals surface area (Å²) in [5.41, 5.74) is 1.38. The maximum atomic E-state index is 13.0. The number of piperidine rings is 1. The van der Waals surface area contributed by atoms with Gasteiger partial charge in [-0.2, -0.15) is 9.40 Å². The van der Waals surface area contributed by atoms with Crippen molar-refractivity contribution in [3.63, 3.8) is 0 Å². The number of sulfonamides is 1. The van der Waals surface area contributed by atoms with Gasteiger partial charge in [0, 0.05) is 24.2 Å². The van der Waals surface area contributed by atoms with E-state index in [1.165, 1.54) is 6.20 Å². The van der Waals surface area contributed by atoms with Gasteiger partial charge in [-0.25, -0.2) is 13.1 Å². The van der Waals surface area contributed by atoms with E-state index in [1.807, 2.05) is 19.2 Å². The van der Waals surface area contributed by atoms with Gasteiger partial charge in [0.05, 0.1) is 17.6 Å². The molecule has 130 valence electrons. The minimum absolute atomic E-state index is 0.195. The molecule has 0 bridgehead atoms. The van der Waals surface area contributed by atoms with Crippen LogP contribution in [0.1, 0.15) is 18.5 Å². The second-order valence-corrected chi connectivity index (χ2v) is 8.32. The Morgan fingerprint density at radius 2 is 2.00 bits per heavy atom. The molecule has 0 radical (unpaired) electrons. The summed E-state index contributed by atoms with van der Waals surface area (Å²) >= 11 is 5.91. The first kappa shape index (κ1) is 17.4. The first-order valence-corrected chi connectivity index (χ1v) is 9.73. The minimum Gasteiger partial charge on any atom is -0.316 e. The molecule has 0 saturated carbocycles. The van der Waals surface area contributed by atoms with Gasteiger partial charge in [-0.1, -0.05) is 11.6 Å². The van der Waals surface area contributed by atoms with Crippen molar-refractivity contribution in [2.45, 2.75) is 30.7 Å². The number of likely N-dealkylation sites (N-methyl/N-ethyl adjacent to an activating group) is 1. The second-order valence-electron chi connectivity index (χ2n) is 5.97. The molecular formula is C16H21ClN4O2S. The topological polar surface area (TPSA) is 67.2 Å². The molecule has 1 aliphatic heterocycles. The van der Waals surface area contributed by atoms with E-state index in [4.69, 9.17) is 11.6 Å². The van der Waals surface area contributed by atoms with Gasteiger partial charge in [0.1, 0.15) is 4.90 Å². The van der Waals surface area contributed by atoms with E-state index >= 15 is 0 Å². The Balaban J connectivity index is 1.93. The first-order valence-electron chi connectivity index (χ1n) is 7.91. The van der Waals surface area contributed by atoms with Crippen LogP contribution in [-0.4, -0.2) is 48.7 Å². The Morgan fingerprint density at radius 3 is 2.67 bits per heavy atom. The Morgan fingerprint density at radius 1 is 1.29 bits per heavy atom. The highest BCUT2D eigenvalue weighted by molar-refractivity contribution is 7.89. The maximum Gasteiger partial charge on any atom is 0.246 e. The van der Waals surface area contributed by atoms with Crippen molar-refractivity contribution in [3.05, 3.63) is 41.2 Å². The second kappa shape index (κ2) is 6.84. The minimum atomic E-state index is -3.55. The van der Waals surface area contributed by atoms with Gasteiger partial charge in [-0.15, -0.1) is 0 Å². The number of aromatic nitrogens is 2. The number of rotatable bonds is 4. The van der Waals surface area contributed by atoms with E-state index in [-0.39, 0.29) is 10.9 Å². The van der Waals surface area contributed by atoms with Crippen LogP contribution in [0.15, 0.2) is 35.4 Å². The molecule has 6 nitrogen and oxygen atoms in total. The molecule has 1 saturated heterocycles. The summed E-state index contributed by atoms with van der Waals surface area (Å²) in [6.45, 7) is 2.81. The summed E-state index contributed by atoms with van der Waals surface area (Å²) in [6.07, 6.45) is 3.28. The largest absolute Gasteiger partial charge is 0.316 e. The summed E-state index contributed by atoms with van der Waals surface area (Å²) in [4.78, 5) is 0.259. The van der Waals surface area contributed by atoms with E-state index in [1.54, 1.807) is 28.0 Å². The molecule has 0 amide bonds. The molecule has 1 N–H and O–H groups in total. The fourth-order valence-corrected chi connectivity index (χ4v) is 4.82. The van der Waals surface area contributed by atoms with Gasteiger partial charge in [-0.3, -0.25) is 0 Å². The molecule has 1 aromatic heterocycles. The summed E-state index contributed by atoms with van der Waals surface area (Å²) in [5, 5.41) is 8.06. The van der Waals surface area contributed by atoms with Gasteiger partial charge < -0.3 is 5.32 Å². The Labute approximate surface area is 147 Å². The monoisotopic (exact) mass is 368 g/mol. The maximum absolute atomic E-state index is 13.0. The Bertz CT molecular complexity index is 817. The number of hydrogen-bond acceptors (Lipinski definition) is 4. The van der Waals surface area contributed by atoms with E-state index in [0.29, 0.717) is 23.8 Å². The summed E-state index contributed by atoms with van der Waals surface area (Å²) in [6, 6.07) is 7.34. The van der Waals surface area contributed by atoms with Gasteiger partial charge in [-0.05, 0) is 51.1 Å². The number of benzene rings is 1. The summed E-state index contributed by atoms with van der Waals surface area (Å²) in [5.74, 6) is 0. The number of hydrogen-bond donors (Lipinski definition) is 1. The summed E-state index contributed by atoms with van der Waals surface area (Å²) in [7, 11) is -1.68. The lowest BCUT2D eigenvalue weighted by Gasteiger charge is -2.31. The Hall–Kier alpha value is -1.41. The van der Waals surface area contributed by atoms with Crippen LogP contribution < -0.4 is 5.32 Å². The molecule has 1 atom stereocenters. The van der Waals surface area contributed by atoms with E-state index < -0.39 is 10.0 Å². The zero-order valence-electron chi connectivity index (χ0n) is 13.7. The quantitative estimate of drug-likeness (QED) is 0.898. The van der Waals surface area contributed by atoms with Gasteiger partial charge in [0.15, 0.2) is 0 Å². The van der Waals surface area contributed by atoms with E-state index in [9.17, 15) is 8.42 Å². The van der Waals surface area contributed by atoms with Crippen molar-refractivity contribution in [1.29, 1.82) is 0 Å². The lowest BCUT2D eigenvalue weighted by Crippen LogP contribution is -2.46. The van der Waals surface area contributed by atoms with Crippen LogP contribution in [0.2, 0.25) is 5.02 Å². The third-order valence-electron chi connectivity index (χ3n) is 4.45. The zero-order chi connectivity index (χ0) is 17.3. The fraction of sp³-hybridized carbons (Fsp3) is 0.438. The smallest absolute Gasteiger partial charge is 0.246 e. The molecule has 3 rings (SSSR count). The molecule has 0 aliphatic carbocycles. The molecule has 1 fully saturated rings. The molecule has 2 heterocycles. The molecule has 1 unspecified atom stereocenters. The van der Waals surface area contributed by atoms with E-state index in [0.717, 1.165) is 18.5 Å². The molecule has 0 spiro atoms. The van der Waals surface area contributed by atoms with Crippen molar-refractivity contribution >= 4 is 21.6 Å². The van der Waals surface area contributed by atoms with Crippen LogP contribution in [-0.2, 0) is 10.0 Å². The average molecular weight is 369 g/mol. The molecule has 1 aliphatic rings. The molecular weight excluding hydrogens is 348 g/mol. The van der Waals surface area contributed by atoms with Crippen molar-refractivity contribution in [1.82, 2.24) is 19.4 Å². The van der Waals surface area contributed by atoms with Crippen LogP contribution >= 0.6 is 11.6 Å². The predicted molar refractivity (Wildman–Crippen MR) is 94.2 cm³/mol. The zero-order valence-corrected chi connectivity index (χ0v) is 15.3. The third kappa shape index (κ3) is 3.21. The highest BCUT2D eigenvalue weighted by Gasteiger charge is 2.32. The number of halogens is 1. The molecule has 1 aromatic carbocycles. The molecule has 24 heavy (non-hydrogen) atoms. The van der Waals surface area contributed by atoms with Crippen LogP contribution in [0.3, 0.4) is 0 Å². The van der Waals surface area contributed by atoms with Gasteiger partial charge in [0.2, 0.25) is 10.0 Å². The van der Waals surface area contributed by atoms with Gasteiger partial charge >= 0.3 is 0 Å². The fourth-order valence-electron chi connectivity index (χ4n) is 3.03. The highest BCUT2D eigenvalue weighted by Crippen LogP contribution is 2.25. The normalized spacial score (nSPS) is 19.5. The number of nitrogens with one attached hydrogen (secondary N) is 1. The molecule has 8 heteroatoms. The van der Waals surface area contributed by atoms with Crippen molar-refractivity contribution in [2.24, 2.45) is 0 Å². The lowest BCUT2D eigenvalue weighted by molar-refractivity contribution is 0.292. The van der Waals surface area contributed by atoms with Crippen LogP contribution in [0, 0.1) is 6.92 Å². The Kier molecular flexibility index (Phi) is 4.96. The first-order chi connectivity index (χ1) is 11.4. The van der Waals surface area contributed by atoms with Gasteiger partial charge in [0.25, 0.3) is 0 Å². The number of nitrogens with zero attached hydrogens (tertiary/aromatic N) is 3.